The molecule has 1 aliphatic rings. The van der Waals surface area contributed by atoms with Gasteiger partial charge in [0.1, 0.15) is 0 Å². The SMILES string of the molecule is O=C(O)CC1CCC(c2ccc(-c3cnc(Nc4cccc(Cl)c4)o3)cc2)CC1. The number of carboxylic acid groups (broad SMARTS) is 1. The van der Waals surface area contributed by atoms with Crippen LogP contribution >= 0.6 is 11.6 Å². The quantitative estimate of drug-likeness (QED) is 0.485. The number of carboxylic acids is 1. The van der Waals surface area contributed by atoms with E-state index in [1.165, 1.54) is 5.56 Å². The lowest BCUT2D eigenvalue weighted by molar-refractivity contribution is -0.138. The summed E-state index contributed by atoms with van der Waals surface area (Å²) < 4.78 is 5.83. The monoisotopic (exact) mass is 410 g/mol. The Bertz CT molecular complexity index is 976. The molecule has 0 unspecified atom stereocenters. The van der Waals surface area contributed by atoms with Crippen LogP contribution in [0.5, 0.6) is 0 Å². The average Bonchev–Trinajstić information content (AvgIpc) is 3.17. The highest BCUT2D eigenvalue weighted by molar-refractivity contribution is 6.30. The highest BCUT2D eigenvalue weighted by atomic mass is 35.5. The maximum absolute atomic E-state index is 10.9. The van der Waals surface area contributed by atoms with Crippen LogP contribution in [0.3, 0.4) is 0 Å². The molecule has 0 atom stereocenters. The van der Waals surface area contributed by atoms with Crippen LogP contribution in [0.1, 0.15) is 43.6 Å². The summed E-state index contributed by atoms with van der Waals surface area (Å²) in [5.41, 5.74) is 3.10. The van der Waals surface area contributed by atoms with E-state index in [1.54, 1.807) is 6.20 Å². The van der Waals surface area contributed by atoms with E-state index in [0.717, 1.165) is 36.9 Å². The molecule has 0 saturated heterocycles. The first-order chi connectivity index (χ1) is 14.1. The predicted molar refractivity (Wildman–Crippen MR) is 114 cm³/mol. The summed E-state index contributed by atoms with van der Waals surface area (Å²) in [6.45, 7) is 0. The largest absolute Gasteiger partial charge is 0.481 e. The zero-order chi connectivity index (χ0) is 20.2. The zero-order valence-corrected chi connectivity index (χ0v) is 16.7. The standard InChI is InChI=1S/C23H23ClN2O3/c24-19-2-1-3-20(13-19)26-23-25-14-21(29-23)18-10-8-17(9-11-18)16-6-4-15(5-7-16)12-22(27)28/h1-3,8-11,13-16H,4-7,12H2,(H,25,26)(H,27,28). The Hall–Kier alpha value is -2.79. The van der Waals surface area contributed by atoms with Gasteiger partial charge >= 0.3 is 5.97 Å². The van der Waals surface area contributed by atoms with Crippen LogP contribution < -0.4 is 5.32 Å². The van der Waals surface area contributed by atoms with Crippen LogP contribution in [-0.4, -0.2) is 16.1 Å². The van der Waals surface area contributed by atoms with Crippen LogP contribution in [-0.2, 0) is 4.79 Å². The van der Waals surface area contributed by atoms with Crippen LogP contribution in [0, 0.1) is 5.92 Å². The van der Waals surface area contributed by atoms with Gasteiger partial charge < -0.3 is 14.8 Å². The van der Waals surface area contributed by atoms with E-state index >= 15 is 0 Å². The molecule has 0 aliphatic heterocycles. The third-order valence-electron chi connectivity index (χ3n) is 5.56. The van der Waals surface area contributed by atoms with Crippen molar-refractivity contribution in [2.75, 3.05) is 5.32 Å². The molecule has 1 saturated carbocycles. The highest BCUT2D eigenvalue weighted by Crippen LogP contribution is 2.37. The van der Waals surface area contributed by atoms with Gasteiger partial charge in [-0.1, -0.05) is 41.9 Å². The molecule has 0 spiro atoms. The molecular weight excluding hydrogens is 388 g/mol. The summed E-state index contributed by atoms with van der Waals surface area (Å²) in [5, 5.41) is 12.7. The van der Waals surface area contributed by atoms with Gasteiger partial charge in [0.15, 0.2) is 5.76 Å². The van der Waals surface area contributed by atoms with Gasteiger partial charge in [0.2, 0.25) is 0 Å². The summed E-state index contributed by atoms with van der Waals surface area (Å²) >= 11 is 6.00. The maximum Gasteiger partial charge on any atom is 0.303 e. The van der Waals surface area contributed by atoms with E-state index in [1.807, 2.05) is 24.3 Å². The molecule has 2 aromatic carbocycles. The molecule has 3 aromatic rings. The lowest BCUT2D eigenvalue weighted by atomic mass is 9.77. The third kappa shape index (κ3) is 4.98. The number of halogens is 1. The third-order valence-corrected chi connectivity index (χ3v) is 5.79. The van der Waals surface area contributed by atoms with Crippen molar-refractivity contribution in [1.29, 1.82) is 0 Å². The molecule has 5 nitrogen and oxygen atoms in total. The lowest BCUT2D eigenvalue weighted by Gasteiger charge is -2.28. The molecule has 4 rings (SSSR count). The van der Waals surface area contributed by atoms with Crippen molar-refractivity contribution in [3.63, 3.8) is 0 Å². The number of nitrogens with zero attached hydrogens (tertiary/aromatic N) is 1. The second-order valence-electron chi connectivity index (χ2n) is 7.60. The summed E-state index contributed by atoms with van der Waals surface area (Å²) in [6.07, 6.45) is 6.07. The number of oxazole rings is 1. The van der Waals surface area contributed by atoms with Crippen molar-refractivity contribution in [3.8, 4) is 11.3 Å². The van der Waals surface area contributed by atoms with Gasteiger partial charge in [0.25, 0.3) is 6.01 Å². The number of rotatable bonds is 6. The topological polar surface area (TPSA) is 75.4 Å². The molecule has 0 bridgehead atoms. The number of benzene rings is 2. The van der Waals surface area contributed by atoms with Crippen molar-refractivity contribution >= 4 is 29.3 Å². The van der Waals surface area contributed by atoms with E-state index in [-0.39, 0.29) is 0 Å². The van der Waals surface area contributed by atoms with Gasteiger partial charge in [-0.3, -0.25) is 4.79 Å². The van der Waals surface area contributed by atoms with Gasteiger partial charge in [-0.2, -0.15) is 0 Å². The number of hydrogen-bond acceptors (Lipinski definition) is 4. The molecule has 29 heavy (non-hydrogen) atoms. The van der Waals surface area contributed by atoms with Crippen LogP contribution in [0.4, 0.5) is 11.7 Å². The Labute approximate surface area is 174 Å². The lowest BCUT2D eigenvalue weighted by Crippen LogP contribution is -2.16. The van der Waals surface area contributed by atoms with Gasteiger partial charge in [0.05, 0.1) is 6.20 Å². The number of aliphatic carboxylic acids is 1. The minimum atomic E-state index is -0.686. The van der Waals surface area contributed by atoms with Crippen molar-refractivity contribution in [1.82, 2.24) is 4.98 Å². The van der Waals surface area contributed by atoms with Crippen LogP contribution in [0.15, 0.2) is 59.1 Å². The molecule has 150 valence electrons. The second-order valence-corrected chi connectivity index (χ2v) is 8.04. The van der Waals surface area contributed by atoms with E-state index in [4.69, 9.17) is 21.1 Å². The Morgan fingerprint density at radius 3 is 2.59 bits per heavy atom. The molecule has 1 aromatic heterocycles. The highest BCUT2D eigenvalue weighted by Gasteiger charge is 2.24. The Morgan fingerprint density at radius 2 is 1.90 bits per heavy atom. The molecule has 1 heterocycles. The first kappa shape index (κ1) is 19.5. The number of carbonyl (C=O) groups is 1. The van der Waals surface area contributed by atoms with E-state index in [2.05, 4.69) is 34.6 Å². The van der Waals surface area contributed by atoms with Crippen LogP contribution in [0.2, 0.25) is 5.02 Å². The second kappa shape index (κ2) is 8.70. The van der Waals surface area contributed by atoms with Crippen molar-refractivity contribution in [3.05, 3.63) is 65.3 Å². The summed E-state index contributed by atoms with van der Waals surface area (Å²) in [5.74, 6) is 0.840. The number of nitrogens with one attached hydrogen (secondary N) is 1. The fourth-order valence-electron chi connectivity index (χ4n) is 4.02. The molecule has 1 fully saturated rings. The van der Waals surface area contributed by atoms with Gasteiger partial charge in [0, 0.05) is 22.7 Å². The molecule has 0 amide bonds. The first-order valence-electron chi connectivity index (χ1n) is 9.87. The summed E-state index contributed by atoms with van der Waals surface area (Å²) in [6, 6.07) is 16.2. The van der Waals surface area contributed by atoms with Gasteiger partial charge in [-0.15, -0.1) is 0 Å². The van der Waals surface area contributed by atoms with E-state index in [9.17, 15) is 4.79 Å². The smallest absolute Gasteiger partial charge is 0.303 e. The van der Waals surface area contributed by atoms with E-state index in [0.29, 0.717) is 35.1 Å². The fourth-order valence-corrected chi connectivity index (χ4v) is 4.21. The summed E-state index contributed by atoms with van der Waals surface area (Å²) in [4.78, 5) is 15.2. The average molecular weight is 411 g/mol. The van der Waals surface area contributed by atoms with Crippen molar-refractivity contribution < 1.29 is 14.3 Å². The molecule has 2 N–H and O–H groups in total. The Kier molecular flexibility index (Phi) is 5.86. The number of hydrogen-bond donors (Lipinski definition) is 2. The number of aromatic nitrogens is 1. The minimum Gasteiger partial charge on any atom is -0.481 e. The van der Waals surface area contributed by atoms with Crippen LogP contribution in [0.25, 0.3) is 11.3 Å². The molecule has 1 aliphatic carbocycles. The molecule has 6 heteroatoms. The first-order valence-corrected chi connectivity index (χ1v) is 10.2. The van der Waals surface area contributed by atoms with Gasteiger partial charge in [-0.25, -0.2) is 4.98 Å². The zero-order valence-electron chi connectivity index (χ0n) is 16.0. The minimum absolute atomic E-state index is 0.294. The predicted octanol–water partition coefficient (Wildman–Crippen LogP) is 6.49. The molecular formula is C23H23ClN2O3. The Morgan fingerprint density at radius 1 is 1.14 bits per heavy atom. The van der Waals surface area contributed by atoms with Crippen molar-refractivity contribution in [2.24, 2.45) is 5.92 Å². The Balaban J connectivity index is 1.38. The molecule has 0 radical (unpaired) electrons. The maximum atomic E-state index is 10.9. The van der Waals surface area contributed by atoms with E-state index < -0.39 is 5.97 Å². The number of anilines is 2. The summed E-state index contributed by atoms with van der Waals surface area (Å²) in [7, 11) is 0. The van der Waals surface area contributed by atoms with Crippen molar-refractivity contribution in [2.45, 2.75) is 38.0 Å². The van der Waals surface area contributed by atoms with Gasteiger partial charge in [-0.05, 0) is 61.3 Å². The fraction of sp³-hybridized carbons (Fsp3) is 0.304. The normalized spacial score (nSPS) is 19.1.